The van der Waals surface area contributed by atoms with Gasteiger partial charge in [0.15, 0.2) is 0 Å². The number of nitrogen functional groups attached to an aromatic ring is 1. The van der Waals surface area contributed by atoms with Crippen LogP contribution in [0, 0.1) is 5.82 Å². The van der Waals surface area contributed by atoms with Gasteiger partial charge in [-0.15, -0.1) is 0 Å². The van der Waals surface area contributed by atoms with Crippen molar-refractivity contribution in [2.75, 3.05) is 5.73 Å². The topological polar surface area (TPSA) is 35.2 Å². The van der Waals surface area contributed by atoms with Crippen LogP contribution < -0.4 is 10.5 Å². The first-order valence-corrected chi connectivity index (χ1v) is 6.76. The van der Waals surface area contributed by atoms with Crippen LogP contribution in [0.3, 0.4) is 0 Å². The fraction of sp³-hybridized carbons (Fsp3) is 0.0769. The number of hydrogen-bond acceptors (Lipinski definition) is 2. The SMILES string of the molecule is Nc1ccc(COc2ccc(Br)cc2Br)cc1F. The van der Waals surface area contributed by atoms with Crippen molar-refractivity contribution in [3.05, 3.63) is 56.7 Å². The molecule has 0 spiro atoms. The van der Waals surface area contributed by atoms with Crippen molar-refractivity contribution in [2.45, 2.75) is 6.61 Å². The van der Waals surface area contributed by atoms with Gasteiger partial charge in [0.2, 0.25) is 0 Å². The Morgan fingerprint density at radius 1 is 1.11 bits per heavy atom. The summed E-state index contributed by atoms with van der Waals surface area (Å²) in [6, 6.07) is 10.3. The molecular weight excluding hydrogens is 365 g/mol. The van der Waals surface area contributed by atoms with Crippen LogP contribution in [0.4, 0.5) is 10.1 Å². The van der Waals surface area contributed by atoms with Gasteiger partial charge < -0.3 is 10.5 Å². The predicted molar refractivity (Wildman–Crippen MR) is 77.0 cm³/mol. The van der Waals surface area contributed by atoms with Crippen LogP contribution in [0.1, 0.15) is 5.56 Å². The fourth-order valence-electron chi connectivity index (χ4n) is 1.41. The van der Waals surface area contributed by atoms with Crippen molar-refractivity contribution in [3.63, 3.8) is 0 Å². The van der Waals surface area contributed by atoms with E-state index < -0.39 is 5.82 Å². The van der Waals surface area contributed by atoms with Crippen LogP contribution in [-0.4, -0.2) is 0 Å². The van der Waals surface area contributed by atoms with Gasteiger partial charge in [0, 0.05) is 4.47 Å². The van der Waals surface area contributed by atoms with Crippen molar-refractivity contribution >= 4 is 37.5 Å². The summed E-state index contributed by atoms with van der Waals surface area (Å²) in [7, 11) is 0. The molecule has 0 heterocycles. The molecular formula is C13H10Br2FNO. The van der Waals surface area contributed by atoms with Crippen molar-refractivity contribution in [1.82, 2.24) is 0 Å². The molecule has 2 aromatic rings. The Hall–Kier alpha value is -1.07. The van der Waals surface area contributed by atoms with Crippen molar-refractivity contribution < 1.29 is 9.13 Å². The molecule has 2 rings (SSSR count). The average Bonchev–Trinajstić information content (AvgIpc) is 2.32. The molecule has 0 saturated carbocycles. The summed E-state index contributed by atoms with van der Waals surface area (Å²) in [5.74, 6) is 0.279. The standard InChI is InChI=1S/C13H10Br2FNO/c14-9-2-4-13(10(15)6-9)18-7-8-1-3-12(17)11(16)5-8/h1-6H,7,17H2. The third-order valence-corrected chi connectivity index (χ3v) is 3.47. The smallest absolute Gasteiger partial charge is 0.146 e. The second-order valence-electron chi connectivity index (χ2n) is 3.72. The van der Waals surface area contributed by atoms with Gasteiger partial charge in [-0.3, -0.25) is 0 Å². The van der Waals surface area contributed by atoms with Crippen LogP contribution in [0.5, 0.6) is 5.75 Å². The largest absolute Gasteiger partial charge is 0.488 e. The summed E-state index contributed by atoms with van der Waals surface area (Å²) in [4.78, 5) is 0. The summed E-state index contributed by atoms with van der Waals surface area (Å²) < 4.78 is 20.6. The lowest BCUT2D eigenvalue weighted by Crippen LogP contribution is -1.98. The lowest BCUT2D eigenvalue weighted by Gasteiger charge is -2.09. The number of anilines is 1. The van der Waals surface area contributed by atoms with Gasteiger partial charge in [-0.2, -0.15) is 0 Å². The van der Waals surface area contributed by atoms with E-state index in [0.29, 0.717) is 5.75 Å². The number of hydrogen-bond donors (Lipinski definition) is 1. The lowest BCUT2D eigenvalue weighted by molar-refractivity contribution is 0.303. The minimum atomic E-state index is -0.425. The summed E-state index contributed by atoms with van der Waals surface area (Å²) >= 11 is 6.76. The summed E-state index contributed by atoms with van der Waals surface area (Å²) in [6.45, 7) is 0.289. The molecule has 5 heteroatoms. The highest BCUT2D eigenvalue weighted by Crippen LogP contribution is 2.29. The zero-order valence-corrected chi connectivity index (χ0v) is 12.5. The van der Waals surface area contributed by atoms with E-state index in [2.05, 4.69) is 31.9 Å². The van der Waals surface area contributed by atoms with Crippen molar-refractivity contribution in [3.8, 4) is 5.75 Å². The van der Waals surface area contributed by atoms with Crippen molar-refractivity contribution in [1.29, 1.82) is 0 Å². The number of halogens is 3. The Bertz CT molecular complexity index is 575. The molecule has 0 aliphatic carbocycles. The predicted octanol–water partition coefficient (Wildman–Crippen LogP) is 4.51. The highest BCUT2D eigenvalue weighted by molar-refractivity contribution is 9.11. The fourth-order valence-corrected chi connectivity index (χ4v) is 2.58. The Kier molecular flexibility index (Phi) is 4.24. The molecule has 94 valence electrons. The number of rotatable bonds is 3. The second-order valence-corrected chi connectivity index (χ2v) is 5.49. The Morgan fingerprint density at radius 2 is 1.89 bits per heavy atom. The first kappa shape index (κ1) is 13.4. The molecule has 0 aromatic heterocycles. The lowest BCUT2D eigenvalue weighted by atomic mass is 10.2. The molecule has 0 radical (unpaired) electrons. The average molecular weight is 375 g/mol. The maximum absolute atomic E-state index is 13.2. The summed E-state index contributed by atoms with van der Waals surface area (Å²) in [5, 5.41) is 0. The zero-order valence-electron chi connectivity index (χ0n) is 9.29. The van der Waals surface area contributed by atoms with Gasteiger partial charge in [-0.1, -0.05) is 22.0 Å². The molecule has 0 atom stereocenters. The molecule has 0 saturated heterocycles. The third-order valence-electron chi connectivity index (χ3n) is 2.35. The number of nitrogens with two attached hydrogens (primary N) is 1. The monoisotopic (exact) mass is 373 g/mol. The highest BCUT2D eigenvalue weighted by Gasteiger charge is 2.04. The quantitative estimate of drug-likeness (QED) is 0.802. The van der Waals surface area contributed by atoms with Gasteiger partial charge >= 0.3 is 0 Å². The van der Waals surface area contributed by atoms with E-state index in [4.69, 9.17) is 10.5 Å². The highest BCUT2D eigenvalue weighted by atomic mass is 79.9. The van der Waals surface area contributed by atoms with E-state index in [1.165, 1.54) is 12.1 Å². The number of ether oxygens (including phenoxy) is 1. The maximum Gasteiger partial charge on any atom is 0.146 e. The summed E-state index contributed by atoms with van der Waals surface area (Å²) in [6.07, 6.45) is 0. The molecule has 0 bridgehead atoms. The molecule has 0 fully saturated rings. The van der Waals surface area contributed by atoms with Gasteiger partial charge in [0.1, 0.15) is 18.2 Å². The van der Waals surface area contributed by atoms with E-state index in [1.807, 2.05) is 18.2 Å². The minimum absolute atomic E-state index is 0.142. The maximum atomic E-state index is 13.2. The first-order valence-electron chi connectivity index (χ1n) is 5.18. The van der Waals surface area contributed by atoms with Crippen LogP contribution in [-0.2, 0) is 6.61 Å². The van der Waals surface area contributed by atoms with Crippen LogP contribution in [0.25, 0.3) is 0 Å². The Labute approximate surface area is 121 Å². The van der Waals surface area contributed by atoms with E-state index in [9.17, 15) is 4.39 Å². The molecule has 2 aromatic carbocycles. The van der Waals surface area contributed by atoms with E-state index >= 15 is 0 Å². The normalized spacial score (nSPS) is 10.4. The van der Waals surface area contributed by atoms with E-state index in [-0.39, 0.29) is 12.3 Å². The van der Waals surface area contributed by atoms with E-state index in [1.54, 1.807) is 6.07 Å². The Morgan fingerprint density at radius 3 is 2.56 bits per heavy atom. The van der Waals surface area contributed by atoms with Gasteiger partial charge in [0.05, 0.1) is 10.2 Å². The summed E-state index contributed by atoms with van der Waals surface area (Å²) in [5.41, 5.74) is 6.28. The van der Waals surface area contributed by atoms with Crippen LogP contribution >= 0.6 is 31.9 Å². The molecule has 18 heavy (non-hydrogen) atoms. The molecule has 0 aliphatic rings. The molecule has 0 unspecified atom stereocenters. The van der Waals surface area contributed by atoms with Crippen molar-refractivity contribution in [2.24, 2.45) is 0 Å². The zero-order chi connectivity index (χ0) is 13.1. The molecule has 2 nitrogen and oxygen atoms in total. The molecule has 0 aliphatic heterocycles. The van der Waals surface area contributed by atoms with Gasteiger partial charge in [-0.05, 0) is 51.8 Å². The number of benzene rings is 2. The first-order chi connectivity index (χ1) is 8.56. The minimum Gasteiger partial charge on any atom is -0.488 e. The second kappa shape index (κ2) is 5.71. The molecule has 2 N–H and O–H groups in total. The van der Waals surface area contributed by atoms with Gasteiger partial charge in [0.25, 0.3) is 0 Å². The van der Waals surface area contributed by atoms with E-state index in [0.717, 1.165) is 14.5 Å². The third kappa shape index (κ3) is 3.23. The molecule has 0 amide bonds. The Balaban J connectivity index is 2.09. The van der Waals surface area contributed by atoms with Crippen LogP contribution in [0.2, 0.25) is 0 Å². The van der Waals surface area contributed by atoms with Crippen LogP contribution in [0.15, 0.2) is 45.3 Å². The van der Waals surface area contributed by atoms with Gasteiger partial charge in [-0.25, -0.2) is 4.39 Å².